The van der Waals surface area contributed by atoms with E-state index in [4.69, 9.17) is 16.3 Å². The first kappa shape index (κ1) is 18.2. The Labute approximate surface area is 145 Å². The molecule has 0 aliphatic heterocycles. The number of rotatable bonds is 8. The van der Waals surface area contributed by atoms with E-state index < -0.39 is 0 Å². The fourth-order valence-electron chi connectivity index (χ4n) is 2.14. The minimum Gasteiger partial charge on any atom is -0.484 e. The van der Waals surface area contributed by atoms with Gasteiger partial charge in [-0.2, -0.15) is 0 Å². The van der Waals surface area contributed by atoms with Crippen LogP contribution in [0.1, 0.15) is 5.56 Å². The van der Waals surface area contributed by atoms with Gasteiger partial charge in [0, 0.05) is 24.1 Å². The minimum absolute atomic E-state index is 0.0400. The highest BCUT2D eigenvalue weighted by molar-refractivity contribution is 6.30. The average molecular weight is 352 g/mol. The van der Waals surface area contributed by atoms with Crippen LogP contribution in [0.15, 0.2) is 48.5 Å². The summed E-state index contributed by atoms with van der Waals surface area (Å²) < 4.78 is 18.0. The summed E-state index contributed by atoms with van der Waals surface area (Å²) in [4.78, 5) is 11.8. The largest absolute Gasteiger partial charge is 0.484 e. The molecule has 0 saturated heterocycles. The summed E-state index contributed by atoms with van der Waals surface area (Å²) in [5.74, 6) is -0.332. The Morgan fingerprint density at radius 1 is 1.17 bits per heavy atom. The van der Waals surface area contributed by atoms with Crippen molar-refractivity contribution in [2.45, 2.75) is 6.42 Å². The minimum atomic E-state index is -0.361. The smallest absolute Gasteiger partial charge is 0.257 e. The Bertz CT molecular complexity index is 646. The molecule has 1 amide bonds. The van der Waals surface area contributed by atoms with E-state index in [1.807, 2.05) is 12.1 Å². The zero-order chi connectivity index (χ0) is 17.4. The number of halogens is 2. The second kappa shape index (κ2) is 9.25. The molecule has 0 spiro atoms. The molecule has 0 aliphatic carbocycles. The van der Waals surface area contributed by atoms with Crippen LogP contribution >= 0.6 is 11.6 Å². The summed E-state index contributed by atoms with van der Waals surface area (Å²) >= 11 is 5.84. The molecule has 2 rings (SSSR count). The predicted molar refractivity (Wildman–Crippen MR) is 90.6 cm³/mol. The average Bonchev–Trinajstić information content (AvgIpc) is 2.59. The molecule has 2 aromatic carbocycles. The molecule has 0 fully saturated rings. The molecule has 24 heavy (non-hydrogen) atoms. The zero-order valence-electron chi connectivity index (χ0n) is 13.0. The summed E-state index contributed by atoms with van der Waals surface area (Å²) in [6.45, 7) is 0.136. The first-order valence-corrected chi connectivity index (χ1v) is 7.95. The Morgan fingerprint density at radius 3 is 2.46 bits per heavy atom. The van der Waals surface area contributed by atoms with Crippen LogP contribution in [-0.2, 0) is 11.2 Å². The van der Waals surface area contributed by atoms with Crippen LogP contribution in [-0.4, -0.2) is 30.8 Å². The third-order valence-electron chi connectivity index (χ3n) is 3.47. The van der Waals surface area contributed by atoms with E-state index >= 15 is 0 Å². The maximum atomic E-state index is 12.8. The standard InChI is InChI=1S/C18H19ClFNO3/c19-15-3-1-13(2-4-15)9-14(11-22)10-21-18(23)12-24-17-7-5-16(20)6-8-17/h1-8,14,22H,9-12H2,(H,21,23). The number of hydrogen-bond acceptors (Lipinski definition) is 3. The molecule has 2 N–H and O–H groups in total. The van der Waals surface area contributed by atoms with Gasteiger partial charge in [0.2, 0.25) is 0 Å². The second-order valence-electron chi connectivity index (χ2n) is 5.43. The Morgan fingerprint density at radius 2 is 1.83 bits per heavy atom. The number of carbonyl (C=O) groups is 1. The molecule has 0 heterocycles. The molecule has 0 aromatic heterocycles. The predicted octanol–water partition coefficient (Wildman–Crippen LogP) is 2.83. The first-order chi connectivity index (χ1) is 11.6. The summed E-state index contributed by atoms with van der Waals surface area (Å²) in [5, 5.41) is 12.8. The number of aliphatic hydroxyl groups excluding tert-OH is 1. The monoisotopic (exact) mass is 351 g/mol. The lowest BCUT2D eigenvalue weighted by Crippen LogP contribution is -2.35. The molecule has 0 bridgehead atoms. The third kappa shape index (κ3) is 6.18. The lowest BCUT2D eigenvalue weighted by Gasteiger charge is -2.15. The summed E-state index contributed by atoms with van der Waals surface area (Å²) in [6.07, 6.45) is 0.632. The van der Waals surface area contributed by atoms with Crippen molar-refractivity contribution < 1.29 is 19.0 Å². The number of hydrogen-bond donors (Lipinski definition) is 2. The van der Waals surface area contributed by atoms with E-state index in [0.29, 0.717) is 23.7 Å². The summed E-state index contributed by atoms with van der Waals surface area (Å²) in [6, 6.07) is 12.8. The summed E-state index contributed by atoms with van der Waals surface area (Å²) in [5.41, 5.74) is 1.04. The normalized spacial score (nSPS) is 11.8. The van der Waals surface area contributed by atoms with Crippen LogP contribution in [0, 0.1) is 11.7 Å². The van der Waals surface area contributed by atoms with Crippen LogP contribution in [0.25, 0.3) is 0 Å². The Balaban J connectivity index is 1.74. The van der Waals surface area contributed by atoms with Gasteiger partial charge in [-0.25, -0.2) is 4.39 Å². The van der Waals surface area contributed by atoms with Crippen molar-refractivity contribution in [2.24, 2.45) is 5.92 Å². The highest BCUT2D eigenvalue weighted by Gasteiger charge is 2.11. The van der Waals surface area contributed by atoms with Crippen molar-refractivity contribution in [2.75, 3.05) is 19.8 Å². The SMILES string of the molecule is O=C(COc1ccc(F)cc1)NCC(CO)Cc1ccc(Cl)cc1. The van der Waals surface area contributed by atoms with Gasteiger partial charge in [0.25, 0.3) is 5.91 Å². The quantitative estimate of drug-likeness (QED) is 0.769. The molecule has 2 aromatic rings. The number of ether oxygens (including phenoxy) is 1. The van der Waals surface area contributed by atoms with Crippen molar-refractivity contribution in [3.05, 3.63) is 64.9 Å². The zero-order valence-corrected chi connectivity index (χ0v) is 13.8. The molecule has 4 nitrogen and oxygen atoms in total. The number of carbonyl (C=O) groups excluding carboxylic acids is 1. The van der Waals surface area contributed by atoms with Crippen LogP contribution in [0.3, 0.4) is 0 Å². The molecule has 1 unspecified atom stereocenters. The third-order valence-corrected chi connectivity index (χ3v) is 3.72. The number of benzene rings is 2. The highest BCUT2D eigenvalue weighted by Crippen LogP contribution is 2.13. The van der Waals surface area contributed by atoms with Crippen LogP contribution < -0.4 is 10.1 Å². The van der Waals surface area contributed by atoms with Crippen LogP contribution in [0.2, 0.25) is 5.02 Å². The van der Waals surface area contributed by atoms with E-state index in [1.165, 1.54) is 24.3 Å². The van der Waals surface area contributed by atoms with Gasteiger partial charge in [0.1, 0.15) is 11.6 Å². The molecule has 0 radical (unpaired) electrons. The Hall–Kier alpha value is -2.11. The van der Waals surface area contributed by atoms with Gasteiger partial charge in [0.15, 0.2) is 6.61 Å². The maximum absolute atomic E-state index is 12.8. The molecule has 0 aliphatic rings. The van der Waals surface area contributed by atoms with Gasteiger partial charge in [-0.05, 0) is 48.4 Å². The molecule has 128 valence electrons. The van der Waals surface area contributed by atoms with Gasteiger partial charge in [0.05, 0.1) is 0 Å². The van der Waals surface area contributed by atoms with Crippen molar-refractivity contribution in [3.8, 4) is 5.75 Å². The topological polar surface area (TPSA) is 58.6 Å². The van der Waals surface area contributed by atoms with Gasteiger partial charge in [-0.3, -0.25) is 4.79 Å². The maximum Gasteiger partial charge on any atom is 0.257 e. The van der Waals surface area contributed by atoms with Crippen molar-refractivity contribution in [1.29, 1.82) is 0 Å². The lowest BCUT2D eigenvalue weighted by molar-refractivity contribution is -0.123. The van der Waals surface area contributed by atoms with Crippen LogP contribution in [0.4, 0.5) is 4.39 Å². The molecular formula is C18H19ClFNO3. The van der Waals surface area contributed by atoms with E-state index in [1.54, 1.807) is 12.1 Å². The van der Waals surface area contributed by atoms with E-state index in [-0.39, 0.29) is 30.9 Å². The molecule has 1 atom stereocenters. The first-order valence-electron chi connectivity index (χ1n) is 7.57. The molecule has 0 saturated carbocycles. The van der Waals surface area contributed by atoms with Crippen molar-refractivity contribution in [1.82, 2.24) is 5.32 Å². The number of amides is 1. The van der Waals surface area contributed by atoms with Gasteiger partial charge >= 0.3 is 0 Å². The second-order valence-corrected chi connectivity index (χ2v) is 5.86. The number of nitrogens with one attached hydrogen (secondary N) is 1. The van der Waals surface area contributed by atoms with Gasteiger partial charge in [-0.1, -0.05) is 23.7 Å². The Kier molecular flexibility index (Phi) is 7.03. The lowest BCUT2D eigenvalue weighted by atomic mass is 10.00. The van der Waals surface area contributed by atoms with Gasteiger partial charge < -0.3 is 15.2 Å². The van der Waals surface area contributed by atoms with Crippen molar-refractivity contribution >= 4 is 17.5 Å². The molecular weight excluding hydrogens is 333 g/mol. The van der Waals surface area contributed by atoms with Gasteiger partial charge in [-0.15, -0.1) is 0 Å². The fraction of sp³-hybridized carbons (Fsp3) is 0.278. The highest BCUT2D eigenvalue weighted by atomic mass is 35.5. The fourth-order valence-corrected chi connectivity index (χ4v) is 2.27. The van der Waals surface area contributed by atoms with Crippen LogP contribution in [0.5, 0.6) is 5.75 Å². The number of aliphatic hydroxyl groups is 1. The van der Waals surface area contributed by atoms with E-state index in [2.05, 4.69) is 5.32 Å². The van der Waals surface area contributed by atoms with E-state index in [9.17, 15) is 14.3 Å². The van der Waals surface area contributed by atoms with E-state index in [0.717, 1.165) is 5.56 Å². The van der Waals surface area contributed by atoms with Crippen molar-refractivity contribution in [3.63, 3.8) is 0 Å². The molecule has 6 heteroatoms. The summed E-state index contributed by atoms with van der Waals surface area (Å²) in [7, 11) is 0.